The summed E-state index contributed by atoms with van der Waals surface area (Å²) in [7, 11) is -1.66. The Labute approximate surface area is 172 Å². The van der Waals surface area contributed by atoms with Gasteiger partial charge < -0.3 is 18.8 Å². The van der Waals surface area contributed by atoms with Gasteiger partial charge in [0.2, 0.25) is 0 Å². The maximum absolute atomic E-state index is 12.9. The van der Waals surface area contributed by atoms with Gasteiger partial charge in [-0.05, 0) is 62.0 Å². The molecule has 1 aromatic rings. The predicted molar refractivity (Wildman–Crippen MR) is 113 cm³/mol. The van der Waals surface area contributed by atoms with Crippen molar-refractivity contribution < 1.29 is 18.7 Å². The van der Waals surface area contributed by atoms with Gasteiger partial charge >= 0.3 is 5.97 Å². The molecule has 3 aliphatic rings. The topological polar surface area (TPSA) is 48.0 Å². The number of fused-ring (bicyclic) bond motifs is 5. The third kappa shape index (κ3) is 3.49. The van der Waals surface area contributed by atoms with Gasteiger partial charge in [0.05, 0.1) is 12.1 Å². The first-order valence-corrected chi connectivity index (χ1v) is 14.3. The maximum Gasteiger partial charge on any atom is 0.355 e. The number of thiophene rings is 1. The highest BCUT2D eigenvalue weighted by atomic mass is 32.1. The van der Waals surface area contributed by atoms with Gasteiger partial charge in [0, 0.05) is 17.3 Å². The molecular weight excluding hydrogens is 390 g/mol. The fourth-order valence-corrected chi connectivity index (χ4v) is 6.69. The summed E-state index contributed by atoms with van der Waals surface area (Å²) >= 11 is 1.78. The van der Waals surface area contributed by atoms with Crippen molar-refractivity contribution in [2.45, 2.75) is 57.8 Å². The van der Waals surface area contributed by atoms with Crippen LogP contribution >= 0.6 is 11.3 Å². The summed E-state index contributed by atoms with van der Waals surface area (Å²) in [4.78, 5) is 16.4. The Balaban J connectivity index is 1.58. The molecule has 2 aliphatic heterocycles. The zero-order chi connectivity index (χ0) is 20.1. The molecule has 0 unspecified atom stereocenters. The standard InChI is InChI=1S/C21H29NO4SSi/c1-6-10-24-21(23)20-18-14-9-11-27-17(14)8-7-15(18)19-16(12-22(19)20)25-13(2)26-28(3,4)5/h6,9,11,13,15-16,19H,1,7-8,10,12H2,2-5H3/t13-,15-,16+,19-/m1/s1. The van der Waals surface area contributed by atoms with Crippen LogP contribution in [0.25, 0.3) is 5.57 Å². The number of rotatable bonds is 7. The molecule has 0 radical (unpaired) electrons. The summed E-state index contributed by atoms with van der Waals surface area (Å²) in [6.07, 6.45) is 3.58. The monoisotopic (exact) mass is 419 g/mol. The van der Waals surface area contributed by atoms with E-state index in [0.29, 0.717) is 12.5 Å². The fraction of sp³-hybridized carbons (Fsp3) is 0.571. The Morgan fingerprint density at radius 2 is 2.25 bits per heavy atom. The average molecular weight is 420 g/mol. The number of carbonyl (C=O) groups is 1. The van der Waals surface area contributed by atoms with Gasteiger partial charge in [-0.3, -0.25) is 0 Å². The van der Waals surface area contributed by atoms with Crippen LogP contribution in [0.4, 0.5) is 0 Å². The molecule has 4 atom stereocenters. The van der Waals surface area contributed by atoms with Crippen LogP contribution in [0.5, 0.6) is 0 Å². The van der Waals surface area contributed by atoms with E-state index < -0.39 is 8.32 Å². The lowest BCUT2D eigenvalue weighted by molar-refractivity contribution is -0.181. The molecule has 0 spiro atoms. The molecule has 0 amide bonds. The lowest BCUT2D eigenvalue weighted by atomic mass is 9.77. The zero-order valence-electron chi connectivity index (χ0n) is 17.1. The number of aryl methyl sites for hydroxylation is 1. The summed E-state index contributed by atoms with van der Waals surface area (Å²) in [5.41, 5.74) is 3.12. The smallest absolute Gasteiger partial charge is 0.355 e. The number of esters is 1. The van der Waals surface area contributed by atoms with Crippen LogP contribution in [0.1, 0.15) is 23.8 Å². The quantitative estimate of drug-likeness (QED) is 0.289. The molecule has 0 aromatic carbocycles. The summed E-state index contributed by atoms with van der Waals surface area (Å²) in [6, 6.07) is 2.35. The number of hydrogen-bond donors (Lipinski definition) is 0. The first-order valence-electron chi connectivity index (χ1n) is 9.99. The van der Waals surface area contributed by atoms with E-state index >= 15 is 0 Å². The number of nitrogens with zero attached hydrogens (tertiary/aromatic N) is 1. The molecule has 5 nitrogen and oxygen atoms in total. The number of carbonyl (C=O) groups excluding carboxylic acids is 1. The third-order valence-corrected chi connectivity index (χ3v) is 7.59. The lowest BCUT2D eigenvalue weighted by Gasteiger charge is -2.49. The van der Waals surface area contributed by atoms with Crippen molar-refractivity contribution in [2.75, 3.05) is 13.2 Å². The molecule has 7 heteroatoms. The molecule has 4 rings (SSSR count). The second kappa shape index (κ2) is 7.44. The molecule has 1 aliphatic carbocycles. The van der Waals surface area contributed by atoms with Gasteiger partial charge in [-0.15, -0.1) is 11.3 Å². The summed E-state index contributed by atoms with van der Waals surface area (Å²) in [5.74, 6) is 0.0671. The summed E-state index contributed by atoms with van der Waals surface area (Å²) in [5, 5.41) is 2.13. The van der Waals surface area contributed by atoms with Gasteiger partial charge in [0.1, 0.15) is 18.6 Å². The van der Waals surface area contributed by atoms with Crippen LogP contribution in [0.2, 0.25) is 19.6 Å². The number of hydrogen-bond acceptors (Lipinski definition) is 6. The van der Waals surface area contributed by atoms with Crippen LogP contribution in [0.3, 0.4) is 0 Å². The van der Waals surface area contributed by atoms with Crippen LogP contribution < -0.4 is 0 Å². The Kier molecular flexibility index (Phi) is 5.29. The van der Waals surface area contributed by atoms with E-state index in [1.54, 1.807) is 17.4 Å². The molecule has 3 heterocycles. The minimum atomic E-state index is -1.66. The zero-order valence-corrected chi connectivity index (χ0v) is 18.9. The third-order valence-electron chi connectivity index (χ3n) is 5.57. The largest absolute Gasteiger partial charge is 0.457 e. The van der Waals surface area contributed by atoms with Crippen molar-refractivity contribution in [3.63, 3.8) is 0 Å². The molecule has 152 valence electrons. The van der Waals surface area contributed by atoms with Crippen LogP contribution in [-0.2, 0) is 25.1 Å². The van der Waals surface area contributed by atoms with Gasteiger partial charge in [0.25, 0.3) is 0 Å². The Bertz CT molecular complexity index is 812. The van der Waals surface area contributed by atoms with Gasteiger partial charge in [-0.25, -0.2) is 4.79 Å². The van der Waals surface area contributed by atoms with Crippen LogP contribution in [0.15, 0.2) is 29.8 Å². The van der Waals surface area contributed by atoms with E-state index in [-0.39, 0.29) is 31.0 Å². The van der Waals surface area contributed by atoms with Crippen molar-refractivity contribution in [1.82, 2.24) is 4.90 Å². The Hall–Kier alpha value is -1.41. The van der Waals surface area contributed by atoms with Crippen molar-refractivity contribution in [3.8, 4) is 0 Å². The van der Waals surface area contributed by atoms with E-state index in [0.717, 1.165) is 24.1 Å². The minimum Gasteiger partial charge on any atom is -0.457 e. The molecule has 0 saturated carbocycles. The van der Waals surface area contributed by atoms with Gasteiger partial charge in [-0.1, -0.05) is 12.7 Å². The SMILES string of the molecule is C=CCOC(=O)C1=C2c3ccsc3CC[C@H]2[C@@H]2[C@@H](O[C@@H](C)O[Si](C)(C)C)CN12. The predicted octanol–water partition coefficient (Wildman–Crippen LogP) is 4.03. The highest BCUT2D eigenvalue weighted by Gasteiger charge is 2.56. The summed E-state index contributed by atoms with van der Waals surface area (Å²) in [6.45, 7) is 13.1. The first-order chi connectivity index (χ1) is 13.3. The second-order valence-corrected chi connectivity index (χ2v) is 14.1. The molecule has 1 fully saturated rings. The Morgan fingerprint density at radius 1 is 1.46 bits per heavy atom. The fourth-order valence-electron chi connectivity index (χ4n) is 4.73. The van der Waals surface area contributed by atoms with E-state index in [9.17, 15) is 4.79 Å². The van der Waals surface area contributed by atoms with E-state index in [1.165, 1.54) is 10.4 Å². The Morgan fingerprint density at radius 3 is 2.96 bits per heavy atom. The highest BCUT2D eigenvalue weighted by molar-refractivity contribution is 7.10. The average Bonchev–Trinajstić information content (AvgIpc) is 3.15. The molecule has 1 aromatic heterocycles. The van der Waals surface area contributed by atoms with Crippen molar-refractivity contribution in [1.29, 1.82) is 0 Å². The molecule has 1 saturated heterocycles. The minimum absolute atomic E-state index is 0.0799. The first kappa shape index (κ1) is 19.9. The van der Waals surface area contributed by atoms with Crippen molar-refractivity contribution in [3.05, 3.63) is 40.2 Å². The molecule has 0 bridgehead atoms. The van der Waals surface area contributed by atoms with E-state index in [4.69, 9.17) is 13.9 Å². The highest BCUT2D eigenvalue weighted by Crippen LogP contribution is 2.53. The van der Waals surface area contributed by atoms with Crippen molar-refractivity contribution in [2.24, 2.45) is 5.92 Å². The van der Waals surface area contributed by atoms with Gasteiger partial charge in [0.15, 0.2) is 8.32 Å². The lowest BCUT2D eigenvalue weighted by Crippen LogP contribution is -2.62. The normalized spacial score (nSPS) is 26.9. The van der Waals surface area contributed by atoms with E-state index in [2.05, 4.69) is 42.6 Å². The molecule has 28 heavy (non-hydrogen) atoms. The summed E-state index contributed by atoms with van der Waals surface area (Å²) < 4.78 is 17.8. The maximum atomic E-state index is 12.9. The molecule has 0 N–H and O–H groups in total. The van der Waals surface area contributed by atoms with E-state index in [1.807, 2.05) is 6.92 Å². The van der Waals surface area contributed by atoms with Crippen LogP contribution in [0, 0.1) is 5.92 Å². The van der Waals surface area contributed by atoms with Gasteiger partial charge in [-0.2, -0.15) is 0 Å². The van der Waals surface area contributed by atoms with Crippen molar-refractivity contribution >= 4 is 31.2 Å². The number of ether oxygens (including phenoxy) is 2. The molecular formula is C21H29NO4SSi. The van der Waals surface area contributed by atoms with Crippen LogP contribution in [-0.4, -0.2) is 50.8 Å². The second-order valence-electron chi connectivity index (χ2n) is 8.67.